The third-order valence-corrected chi connectivity index (χ3v) is 3.70. The van der Waals surface area contributed by atoms with Gasteiger partial charge in [-0.25, -0.2) is 4.79 Å². The Hall–Kier alpha value is -2.08. The Kier molecular flexibility index (Phi) is 5.83. The van der Waals surface area contributed by atoms with Crippen LogP contribution in [0, 0.1) is 0 Å². The van der Waals surface area contributed by atoms with Crippen molar-refractivity contribution < 1.29 is 14.4 Å². The SMILES string of the molecule is CC1(NC(=O)OC(C)(C)C)CC=C(NOCc2ccccn2)CC1. The van der Waals surface area contributed by atoms with E-state index in [-0.39, 0.29) is 11.6 Å². The molecule has 1 aromatic rings. The Morgan fingerprint density at radius 3 is 2.75 bits per heavy atom. The van der Waals surface area contributed by atoms with Crippen molar-refractivity contribution in [2.24, 2.45) is 0 Å². The molecule has 0 aliphatic heterocycles. The zero-order valence-corrected chi connectivity index (χ0v) is 14.9. The van der Waals surface area contributed by atoms with Gasteiger partial charge in [-0.1, -0.05) is 12.1 Å². The molecular weight excluding hydrogens is 306 g/mol. The number of ether oxygens (including phenoxy) is 1. The van der Waals surface area contributed by atoms with Gasteiger partial charge in [0.1, 0.15) is 12.2 Å². The average Bonchev–Trinajstić information content (AvgIpc) is 2.48. The number of rotatable bonds is 5. The van der Waals surface area contributed by atoms with Crippen LogP contribution in [0.15, 0.2) is 36.2 Å². The Bertz CT molecular complexity index is 581. The topological polar surface area (TPSA) is 72.5 Å². The molecule has 0 saturated carbocycles. The van der Waals surface area contributed by atoms with Crippen LogP contribution in [0.2, 0.25) is 0 Å². The third-order valence-electron chi connectivity index (χ3n) is 3.70. The van der Waals surface area contributed by atoms with Gasteiger partial charge in [0.15, 0.2) is 0 Å². The highest BCUT2D eigenvalue weighted by molar-refractivity contribution is 5.68. The van der Waals surface area contributed by atoms with E-state index >= 15 is 0 Å². The summed E-state index contributed by atoms with van der Waals surface area (Å²) in [5, 5.41) is 2.97. The van der Waals surface area contributed by atoms with Crippen LogP contribution >= 0.6 is 0 Å². The number of nitrogens with one attached hydrogen (secondary N) is 2. The first-order chi connectivity index (χ1) is 11.3. The van der Waals surface area contributed by atoms with Crippen LogP contribution in [0.5, 0.6) is 0 Å². The number of nitrogens with zero attached hydrogens (tertiary/aromatic N) is 1. The molecule has 1 aliphatic carbocycles. The van der Waals surface area contributed by atoms with Crippen LogP contribution in [-0.4, -0.2) is 22.2 Å². The summed E-state index contributed by atoms with van der Waals surface area (Å²) < 4.78 is 5.33. The fourth-order valence-corrected chi connectivity index (χ4v) is 2.41. The van der Waals surface area contributed by atoms with Crippen molar-refractivity contribution in [1.82, 2.24) is 15.8 Å². The molecule has 1 atom stereocenters. The minimum absolute atomic E-state index is 0.297. The Morgan fingerprint density at radius 1 is 1.38 bits per heavy atom. The van der Waals surface area contributed by atoms with Gasteiger partial charge in [0.2, 0.25) is 0 Å². The minimum atomic E-state index is -0.489. The fraction of sp³-hybridized carbons (Fsp3) is 0.556. The van der Waals surface area contributed by atoms with Gasteiger partial charge in [0.05, 0.1) is 5.69 Å². The average molecular weight is 333 g/mol. The number of hydroxylamine groups is 1. The predicted octanol–water partition coefficient (Wildman–Crippen LogP) is 3.45. The highest BCUT2D eigenvalue weighted by Gasteiger charge is 2.30. The number of amides is 1. The van der Waals surface area contributed by atoms with E-state index in [9.17, 15) is 4.79 Å². The quantitative estimate of drug-likeness (QED) is 0.808. The second-order valence-electron chi connectivity index (χ2n) is 7.33. The molecule has 0 aromatic carbocycles. The maximum atomic E-state index is 11.9. The lowest BCUT2D eigenvalue weighted by Crippen LogP contribution is -2.49. The van der Waals surface area contributed by atoms with Gasteiger partial charge in [0.25, 0.3) is 0 Å². The predicted molar refractivity (Wildman–Crippen MR) is 91.9 cm³/mol. The highest BCUT2D eigenvalue weighted by atomic mass is 16.6. The van der Waals surface area contributed by atoms with Crippen LogP contribution in [0.4, 0.5) is 4.79 Å². The summed E-state index contributed by atoms with van der Waals surface area (Å²) in [5.41, 5.74) is 4.09. The van der Waals surface area contributed by atoms with E-state index in [1.807, 2.05) is 45.9 Å². The maximum Gasteiger partial charge on any atom is 0.408 e. The molecule has 6 heteroatoms. The van der Waals surface area contributed by atoms with E-state index in [1.165, 1.54) is 0 Å². The van der Waals surface area contributed by atoms with Crippen molar-refractivity contribution in [2.75, 3.05) is 0 Å². The van der Waals surface area contributed by atoms with Gasteiger partial charge in [0, 0.05) is 17.4 Å². The molecule has 0 radical (unpaired) electrons. The zero-order chi connectivity index (χ0) is 17.6. The van der Waals surface area contributed by atoms with Crippen LogP contribution in [0.25, 0.3) is 0 Å². The smallest absolute Gasteiger partial charge is 0.408 e. The first-order valence-corrected chi connectivity index (χ1v) is 8.24. The summed E-state index contributed by atoms with van der Waals surface area (Å²) in [5.74, 6) is 0. The van der Waals surface area contributed by atoms with Crippen molar-refractivity contribution in [3.05, 3.63) is 41.9 Å². The normalized spacial score (nSPS) is 20.9. The van der Waals surface area contributed by atoms with Crippen LogP contribution in [0.3, 0.4) is 0 Å². The lowest BCUT2D eigenvalue weighted by atomic mass is 9.86. The molecule has 1 unspecified atom stereocenters. The second-order valence-corrected chi connectivity index (χ2v) is 7.33. The maximum absolute atomic E-state index is 11.9. The highest BCUT2D eigenvalue weighted by Crippen LogP contribution is 2.26. The van der Waals surface area contributed by atoms with Gasteiger partial charge < -0.3 is 10.1 Å². The standard InChI is InChI=1S/C18H27N3O3/c1-17(2,3)24-16(22)20-18(4)10-8-14(9-11-18)21-23-13-15-7-5-6-12-19-15/h5-8,12,21H,9-11,13H2,1-4H3,(H,20,22). The van der Waals surface area contributed by atoms with E-state index in [2.05, 4.69) is 21.9 Å². The first-order valence-electron chi connectivity index (χ1n) is 8.24. The van der Waals surface area contributed by atoms with Crippen molar-refractivity contribution >= 4 is 6.09 Å². The Labute approximate surface area is 143 Å². The number of aromatic nitrogens is 1. The van der Waals surface area contributed by atoms with Gasteiger partial charge in [-0.05, 0) is 59.1 Å². The fourth-order valence-electron chi connectivity index (χ4n) is 2.41. The molecule has 0 fully saturated rings. The summed E-state index contributed by atoms with van der Waals surface area (Å²) in [6.45, 7) is 8.01. The lowest BCUT2D eigenvalue weighted by Gasteiger charge is -2.34. The van der Waals surface area contributed by atoms with Gasteiger partial charge >= 0.3 is 6.09 Å². The first kappa shape index (κ1) is 18.3. The number of alkyl carbamates (subject to hydrolysis) is 1. The van der Waals surface area contributed by atoms with E-state index in [4.69, 9.17) is 9.57 Å². The van der Waals surface area contributed by atoms with Crippen molar-refractivity contribution in [1.29, 1.82) is 0 Å². The molecule has 6 nitrogen and oxygen atoms in total. The van der Waals surface area contributed by atoms with Crippen LogP contribution < -0.4 is 10.8 Å². The third kappa shape index (κ3) is 6.20. The van der Waals surface area contributed by atoms with Crippen molar-refractivity contribution in [2.45, 2.75) is 64.7 Å². The van der Waals surface area contributed by atoms with Crippen LogP contribution in [0.1, 0.15) is 52.7 Å². The second kappa shape index (κ2) is 7.66. The Balaban J connectivity index is 1.77. The van der Waals surface area contributed by atoms with Gasteiger partial charge in [-0.15, -0.1) is 0 Å². The number of hydrogen-bond acceptors (Lipinski definition) is 5. The number of carbonyl (C=O) groups excluding carboxylic acids is 1. The van der Waals surface area contributed by atoms with Crippen molar-refractivity contribution in [3.63, 3.8) is 0 Å². The lowest BCUT2D eigenvalue weighted by molar-refractivity contribution is 0.0384. The van der Waals surface area contributed by atoms with E-state index in [0.29, 0.717) is 6.61 Å². The number of allylic oxidation sites excluding steroid dienone is 1. The number of carbonyl (C=O) groups is 1. The minimum Gasteiger partial charge on any atom is -0.444 e. The molecule has 132 valence electrons. The summed E-state index contributed by atoms with van der Waals surface area (Å²) in [6, 6.07) is 5.72. The Morgan fingerprint density at radius 2 is 2.17 bits per heavy atom. The van der Waals surface area contributed by atoms with Crippen LogP contribution in [-0.2, 0) is 16.2 Å². The molecule has 0 bridgehead atoms. The number of pyridine rings is 1. The van der Waals surface area contributed by atoms with E-state index in [1.54, 1.807) is 6.20 Å². The molecular formula is C18H27N3O3. The van der Waals surface area contributed by atoms with Gasteiger partial charge in [-0.3, -0.25) is 15.3 Å². The molecule has 1 aliphatic rings. The largest absolute Gasteiger partial charge is 0.444 e. The molecule has 0 saturated heterocycles. The van der Waals surface area contributed by atoms with Gasteiger partial charge in [-0.2, -0.15) is 0 Å². The zero-order valence-electron chi connectivity index (χ0n) is 14.9. The molecule has 24 heavy (non-hydrogen) atoms. The molecule has 2 N–H and O–H groups in total. The molecule has 1 aromatic heterocycles. The summed E-state index contributed by atoms with van der Waals surface area (Å²) in [4.78, 5) is 21.6. The summed E-state index contributed by atoms with van der Waals surface area (Å²) >= 11 is 0. The monoisotopic (exact) mass is 333 g/mol. The molecule has 1 amide bonds. The molecule has 2 rings (SSSR count). The summed E-state index contributed by atoms with van der Waals surface area (Å²) in [7, 11) is 0. The molecule has 0 spiro atoms. The van der Waals surface area contributed by atoms with E-state index < -0.39 is 5.60 Å². The molecule has 1 heterocycles. The van der Waals surface area contributed by atoms with Crippen molar-refractivity contribution in [3.8, 4) is 0 Å². The summed E-state index contributed by atoms with van der Waals surface area (Å²) in [6.07, 6.45) is 5.76. The van der Waals surface area contributed by atoms with E-state index in [0.717, 1.165) is 30.7 Å². The number of hydrogen-bond donors (Lipinski definition) is 2.